The summed E-state index contributed by atoms with van der Waals surface area (Å²) < 4.78 is 0. The van der Waals surface area contributed by atoms with E-state index in [1.165, 1.54) is 11.1 Å². The van der Waals surface area contributed by atoms with Crippen LogP contribution in [0.1, 0.15) is 27.9 Å². The van der Waals surface area contributed by atoms with Crippen LogP contribution >= 0.6 is 0 Å². The van der Waals surface area contributed by atoms with Gasteiger partial charge in [0.2, 0.25) is 0 Å². The van der Waals surface area contributed by atoms with Crippen LogP contribution in [0, 0.1) is 6.92 Å². The van der Waals surface area contributed by atoms with Crippen LogP contribution in [0.3, 0.4) is 0 Å². The van der Waals surface area contributed by atoms with E-state index in [0.717, 1.165) is 37.6 Å². The predicted octanol–water partition coefficient (Wildman–Crippen LogP) is 4.01. The van der Waals surface area contributed by atoms with E-state index in [1.54, 1.807) is 6.20 Å². The number of rotatable bonds is 6. The van der Waals surface area contributed by atoms with Crippen LogP contribution in [0.2, 0.25) is 0 Å². The number of hydrogen-bond acceptors (Lipinski definition) is 4. The van der Waals surface area contributed by atoms with Gasteiger partial charge in [0.1, 0.15) is 5.82 Å². The van der Waals surface area contributed by atoms with Crippen molar-refractivity contribution >= 4 is 17.4 Å². The van der Waals surface area contributed by atoms with Crippen LogP contribution < -0.4 is 15.5 Å². The molecule has 1 aromatic heterocycles. The lowest BCUT2D eigenvalue weighted by atomic mass is 10.1. The maximum absolute atomic E-state index is 12.4. The van der Waals surface area contributed by atoms with Gasteiger partial charge in [-0.3, -0.25) is 4.79 Å². The molecule has 29 heavy (non-hydrogen) atoms. The number of carbonyl (C=O) groups is 1. The van der Waals surface area contributed by atoms with E-state index < -0.39 is 0 Å². The molecule has 1 unspecified atom stereocenters. The third kappa shape index (κ3) is 5.00. The molecule has 1 saturated heterocycles. The number of nitrogens with one attached hydrogen (secondary N) is 2. The molecular weight excluding hydrogens is 360 g/mol. The number of benzene rings is 2. The van der Waals surface area contributed by atoms with Crippen molar-refractivity contribution in [2.24, 2.45) is 0 Å². The topological polar surface area (TPSA) is 57.3 Å². The van der Waals surface area contributed by atoms with Gasteiger partial charge in [-0.05, 0) is 43.2 Å². The third-order valence-corrected chi connectivity index (χ3v) is 5.23. The first-order valence-electron chi connectivity index (χ1n) is 10.0. The molecule has 3 aromatic rings. The zero-order valence-corrected chi connectivity index (χ0v) is 16.6. The molecule has 2 N–H and O–H groups in total. The molecule has 1 fully saturated rings. The van der Waals surface area contributed by atoms with Crippen LogP contribution in [0.4, 0.5) is 11.5 Å². The van der Waals surface area contributed by atoms with E-state index in [9.17, 15) is 4.79 Å². The Morgan fingerprint density at radius 1 is 1.10 bits per heavy atom. The van der Waals surface area contributed by atoms with Crippen LogP contribution in [-0.2, 0) is 6.54 Å². The summed E-state index contributed by atoms with van der Waals surface area (Å²) in [5, 5.41) is 6.54. The van der Waals surface area contributed by atoms with Gasteiger partial charge in [-0.15, -0.1) is 0 Å². The number of nitrogens with zero attached hydrogens (tertiary/aromatic N) is 2. The summed E-state index contributed by atoms with van der Waals surface area (Å²) in [4.78, 5) is 19.2. The number of para-hydroxylation sites is 1. The molecule has 0 bridgehead atoms. The number of aromatic nitrogens is 1. The Kier molecular flexibility index (Phi) is 5.86. The summed E-state index contributed by atoms with van der Waals surface area (Å²) in [6, 6.07) is 22.3. The molecular formula is C24H26N4O. The molecule has 0 saturated carbocycles. The first-order valence-corrected chi connectivity index (χ1v) is 10.0. The lowest BCUT2D eigenvalue weighted by molar-refractivity contribution is 0.102. The van der Waals surface area contributed by atoms with Gasteiger partial charge < -0.3 is 15.5 Å². The van der Waals surface area contributed by atoms with Crippen molar-refractivity contribution in [3.63, 3.8) is 0 Å². The van der Waals surface area contributed by atoms with E-state index in [4.69, 9.17) is 0 Å². The number of pyridine rings is 1. The van der Waals surface area contributed by atoms with Crippen LogP contribution in [0.25, 0.3) is 0 Å². The molecule has 1 aliphatic heterocycles. The van der Waals surface area contributed by atoms with E-state index in [0.29, 0.717) is 11.6 Å². The lowest BCUT2D eigenvalue weighted by Gasteiger charge is -2.18. The Hall–Kier alpha value is -3.18. The van der Waals surface area contributed by atoms with Crippen molar-refractivity contribution in [1.82, 2.24) is 10.3 Å². The minimum absolute atomic E-state index is 0.144. The Morgan fingerprint density at radius 3 is 2.72 bits per heavy atom. The van der Waals surface area contributed by atoms with Crippen molar-refractivity contribution in [3.05, 3.63) is 89.6 Å². The molecule has 0 spiro atoms. The van der Waals surface area contributed by atoms with Crippen LogP contribution in [0.15, 0.2) is 72.9 Å². The highest BCUT2D eigenvalue weighted by molar-refractivity contribution is 6.04. The quantitative estimate of drug-likeness (QED) is 0.672. The van der Waals surface area contributed by atoms with Crippen LogP contribution in [0.5, 0.6) is 0 Å². The molecule has 2 heterocycles. The Balaban J connectivity index is 1.31. The Morgan fingerprint density at radius 2 is 1.97 bits per heavy atom. The molecule has 1 aliphatic rings. The number of carbonyl (C=O) groups excluding carboxylic acids is 1. The number of aryl methyl sites for hydroxylation is 1. The standard InChI is InChI=1S/C24H26N4O/c1-18-6-5-7-19(14-18)15-25-22-12-13-28(17-22)23-11-10-20(16-26-23)24(29)27-21-8-3-2-4-9-21/h2-11,14,16,22,25H,12-13,15,17H2,1H3,(H,27,29). The maximum atomic E-state index is 12.4. The highest BCUT2D eigenvalue weighted by atomic mass is 16.1. The molecule has 1 amide bonds. The second-order valence-electron chi connectivity index (χ2n) is 7.53. The summed E-state index contributed by atoms with van der Waals surface area (Å²) >= 11 is 0. The first kappa shape index (κ1) is 19.2. The molecule has 4 rings (SSSR count). The summed E-state index contributed by atoms with van der Waals surface area (Å²) in [5.74, 6) is 0.774. The molecule has 0 radical (unpaired) electrons. The van der Waals surface area contributed by atoms with Crippen molar-refractivity contribution in [3.8, 4) is 0 Å². The minimum Gasteiger partial charge on any atom is -0.355 e. The number of amides is 1. The predicted molar refractivity (Wildman–Crippen MR) is 117 cm³/mol. The minimum atomic E-state index is -0.144. The average molecular weight is 386 g/mol. The fourth-order valence-electron chi connectivity index (χ4n) is 3.65. The van der Waals surface area contributed by atoms with Gasteiger partial charge in [-0.25, -0.2) is 4.98 Å². The van der Waals surface area contributed by atoms with Gasteiger partial charge in [0, 0.05) is 37.6 Å². The van der Waals surface area contributed by atoms with E-state index in [-0.39, 0.29) is 5.91 Å². The van der Waals surface area contributed by atoms with Gasteiger partial charge in [0.15, 0.2) is 0 Å². The average Bonchev–Trinajstić information content (AvgIpc) is 3.22. The highest BCUT2D eigenvalue weighted by Crippen LogP contribution is 2.19. The van der Waals surface area contributed by atoms with Crippen LogP contribution in [-0.4, -0.2) is 30.0 Å². The normalized spacial score (nSPS) is 16.0. The van der Waals surface area contributed by atoms with E-state index in [2.05, 4.69) is 51.7 Å². The van der Waals surface area contributed by atoms with Gasteiger partial charge in [0.25, 0.3) is 5.91 Å². The lowest BCUT2D eigenvalue weighted by Crippen LogP contribution is -2.32. The molecule has 2 aromatic carbocycles. The molecule has 5 heteroatoms. The molecule has 0 aliphatic carbocycles. The summed E-state index contributed by atoms with van der Waals surface area (Å²) in [5.41, 5.74) is 3.95. The molecule has 148 valence electrons. The summed E-state index contributed by atoms with van der Waals surface area (Å²) in [6.45, 7) is 4.89. The van der Waals surface area contributed by atoms with Crippen molar-refractivity contribution in [2.75, 3.05) is 23.3 Å². The Bertz CT molecular complexity index is 956. The fraction of sp³-hybridized carbons (Fsp3) is 0.250. The fourth-order valence-corrected chi connectivity index (χ4v) is 3.65. The zero-order valence-electron chi connectivity index (χ0n) is 16.6. The summed E-state index contributed by atoms with van der Waals surface area (Å²) in [6.07, 6.45) is 2.74. The third-order valence-electron chi connectivity index (χ3n) is 5.23. The molecule has 5 nitrogen and oxygen atoms in total. The molecule has 1 atom stereocenters. The maximum Gasteiger partial charge on any atom is 0.257 e. The first-order chi connectivity index (χ1) is 14.2. The number of hydrogen-bond donors (Lipinski definition) is 2. The monoisotopic (exact) mass is 386 g/mol. The largest absolute Gasteiger partial charge is 0.355 e. The van der Waals surface area contributed by atoms with Gasteiger partial charge in [-0.2, -0.15) is 0 Å². The van der Waals surface area contributed by atoms with E-state index in [1.807, 2.05) is 42.5 Å². The highest BCUT2D eigenvalue weighted by Gasteiger charge is 2.23. The van der Waals surface area contributed by atoms with Crippen molar-refractivity contribution < 1.29 is 4.79 Å². The zero-order chi connectivity index (χ0) is 20.1. The van der Waals surface area contributed by atoms with Crippen molar-refractivity contribution in [2.45, 2.75) is 25.9 Å². The van der Waals surface area contributed by atoms with Gasteiger partial charge in [-0.1, -0.05) is 48.0 Å². The number of anilines is 2. The van der Waals surface area contributed by atoms with E-state index >= 15 is 0 Å². The smallest absolute Gasteiger partial charge is 0.257 e. The van der Waals surface area contributed by atoms with Gasteiger partial charge in [0.05, 0.1) is 5.56 Å². The van der Waals surface area contributed by atoms with Gasteiger partial charge >= 0.3 is 0 Å². The second kappa shape index (κ2) is 8.88. The van der Waals surface area contributed by atoms with Crippen molar-refractivity contribution in [1.29, 1.82) is 0 Å². The second-order valence-corrected chi connectivity index (χ2v) is 7.53. The SMILES string of the molecule is Cc1cccc(CNC2CCN(c3ccc(C(=O)Nc4ccccc4)cn3)C2)c1. The summed E-state index contributed by atoms with van der Waals surface area (Å²) in [7, 11) is 0. The Labute approximate surface area is 171 Å².